The number of amides is 1. The van der Waals surface area contributed by atoms with Crippen molar-refractivity contribution in [2.45, 2.75) is 39.7 Å². The predicted octanol–water partition coefficient (Wildman–Crippen LogP) is 5.87. The number of rotatable bonds is 5. The number of nitrogens with one attached hydrogen (secondary N) is 2. The van der Waals surface area contributed by atoms with E-state index in [9.17, 15) is 13.7 Å². The lowest BCUT2D eigenvalue weighted by Gasteiger charge is -2.24. The number of hydrogen-bond acceptors (Lipinski definition) is 6. The molecule has 1 aromatic carbocycles. The number of nitrogens with zero attached hydrogens (tertiary/aromatic N) is 4. The van der Waals surface area contributed by atoms with E-state index in [4.69, 9.17) is 9.40 Å². The Morgan fingerprint density at radius 1 is 1.21 bits per heavy atom. The monoisotopic (exact) mass is 598 g/mol. The molecule has 0 saturated carbocycles. The average molecular weight is 599 g/mol. The zero-order valence-corrected chi connectivity index (χ0v) is 25.4. The number of aryl methyl sites for hydroxylation is 3. The van der Waals surface area contributed by atoms with E-state index in [-0.39, 0.29) is 11.7 Å². The Labute approximate surface area is 251 Å². The Balaban J connectivity index is 1.47. The van der Waals surface area contributed by atoms with Crippen LogP contribution in [0.5, 0.6) is 0 Å². The molecule has 1 atom stereocenters. The Bertz CT molecular complexity index is 1960. The summed E-state index contributed by atoms with van der Waals surface area (Å²) < 4.78 is 37.8. The first-order valence-corrected chi connectivity index (χ1v) is 15.7. The number of aromatic amines is 1. The molecule has 220 valence electrons. The van der Waals surface area contributed by atoms with E-state index in [2.05, 4.69) is 26.1 Å². The van der Waals surface area contributed by atoms with E-state index in [1.807, 2.05) is 38.1 Å². The standard InChI is InChI=1S/C32H31FN6O3S/c1-16-28(17(2)37-36-16)31-29(32(40)34-3)21-13-20(25(15-27(21)42-31)38(4)43(5)41)23-10-9-18-11-12-39-24-8-6-7-22(33)19(24)14-26(39)30(18)35-23/h7,9-10,13-15H,6,8,11-12H2,1-5H3,(H,34,40)(H,36,37). The number of benzene rings is 1. The number of halogens is 1. The summed E-state index contributed by atoms with van der Waals surface area (Å²) in [5, 5.41) is 10.6. The van der Waals surface area contributed by atoms with E-state index in [0.29, 0.717) is 56.9 Å². The first-order valence-electron chi connectivity index (χ1n) is 14.2. The molecule has 5 aromatic rings. The summed E-state index contributed by atoms with van der Waals surface area (Å²) in [5.41, 5.74) is 9.54. The molecule has 1 aliphatic heterocycles. The van der Waals surface area contributed by atoms with Crippen molar-refractivity contribution in [3.8, 4) is 34.0 Å². The van der Waals surface area contributed by atoms with Crippen LogP contribution in [0.3, 0.4) is 0 Å². The van der Waals surface area contributed by atoms with Gasteiger partial charge in [-0.25, -0.2) is 9.37 Å². The van der Waals surface area contributed by atoms with Crippen molar-refractivity contribution in [3.63, 3.8) is 0 Å². The molecule has 43 heavy (non-hydrogen) atoms. The summed E-state index contributed by atoms with van der Waals surface area (Å²) in [5.74, 6) is -0.0589. The molecule has 0 radical (unpaired) electrons. The van der Waals surface area contributed by atoms with Gasteiger partial charge in [0.15, 0.2) is 5.76 Å². The highest BCUT2D eigenvalue weighted by molar-refractivity contribution is 7.92. The van der Waals surface area contributed by atoms with Crippen LogP contribution >= 0.6 is 0 Å². The molecular formula is C32H31FN6O3S. The van der Waals surface area contributed by atoms with Crippen molar-refractivity contribution >= 4 is 39.8 Å². The lowest BCUT2D eigenvalue weighted by molar-refractivity contribution is 0.0964. The number of pyridine rings is 1. The largest absolute Gasteiger partial charge is 0.593 e. The molecule has 1 unspecified atom stereocenters. The molecule has 9 nitrogen and oxygen atoms in total. The summed E-state index contributed by atoms with van der Waals surface area (Å²) in [6.07, 6.45) is 5.53. The van der Waals surface area contributed by atoms with Crippen molar-refractivity contribution in [3.05, 3.63) is 70.2 Å². The van der Waals surface area contributed by atoms with Crippen molar-refractivity contribution < 1.29 is 18.2 Å². The molecule has 11 heteroatoms. The number of furan rings is 1. The minimum atomic E-state index is -1.35. The van der Waals surface area contributed by atoms with Gasteiger partial charge >= 0.3 is 0 Å². The smallest absolute Gasteiger partial charge is 0.255 e. The molecule has 0 bridgehead atoms. The maximum absolute atomic E-state index is 14.8. The number of H-pyrrole nitrogens is 1. The number of anilines is 1. The average Bonchev–Trinajstić information content (AvgIpc) is 3.67. The van der Waals surface area contributed by atoms with Crippen LogP contribution in [0.15, 0.2) is 40.8 Å². The quantitative estimate of drug-likeness (QED) is 0.245. The molecule has 0 spiro atoms. The molecule has 0 fully saturated rings. The van der Waals surface area contributed by atoms with Gasteiger partial charge in [0.25, 0.3) is 5.91 Å². The molecule has 1 amide bonds. The number of carbonyl (C=O) groups excluding carboxylic acids is 1. The second kappa shape index (κ2) is 10.1. The number of aromatic nitrogens is 4. The van der Waals surface area contributed by atoms with Crippen molar-refractivity contribution in [1.29, 1.82) is 0 Å². The van der Waals surface area contributed by atoms with E-state index in [1.54, 1.807) is 30.7 Å². The van der Waals surface area contributed by atoms with Crippen molar-refractivity contribution in [2.75, 3.05) is 24.7 Å². The third-order valence-electron chi connectivity index (χ3n) is 8.61. The lowest BCUT2D eigenvalue weighted by atomic mass is 9.98. The molecular weight excluding hydrogens is 567 g/mol. The zero-order chi connectivity index (χ0) is 30.2. The molecule has 7 rings (SSSR count). The van der Waals surface area contributed by atoms with Crippen LogP contribution in [0, 0.1) is 13.8 Å². The summed E-state index contributed by atoms with van der Waals surface area (Å²) in [6, 6.07) is 9.64. The fraction of sp³-hybridized carbons (Fsp3) is 0.281. The third kappa shape index (κ3) is 4.21. The van der Waals surface area contributed by atoms with E-state index in [0.717, 1.165) is 53.3 Å². The number of hydrogen-bond donors (Lipinski definition) is 2. The first kappa shape index (κ1) is 27.5. The Morgan fingerprint density at radius 3 is 2.74 bits per heavy atom. The van der Waals surface area contributed by atoms with Gasteiger partial charge < -0.3 is 18.9 Å². The van der Waals surface area contributed by atoms with Crippen molar-refractivity contribution in [2.24, 2.45) is 0 Å². The maximum Gasteiger partial charge on any atom is 0.255 e. The van der Waals surface area contributed by atoms with Crippen LogP contribution in [0.25, 0.3) is 50.8 Å². The van der Waals surface area contributed by atoms with Gasteiger partial charge in [0, 0.05) is 47.6 Å². The van der Waals surface area contributed by atoms with Crippen LogP contribution in [-0.4, -0.2) is 50.6 Å². The van der Waals surface area contributed by atoms with Gasteiger partial charge in [-0.3, -0.25) is 9.89 Å². The van der Waals surface area contributed by atoms with Crippen LogP contribution in [-0.2, 0) is 30.7 Å². The Hall–Kier alpha value is -4.35. The second-order valence-corrected chi connectivity index (χ2v) is 12.5. The highest BCUT2D eigenvalue weighted by atomic mass is 32.2. The van der Waals surface area contributed by atoms with Gasteiger partial charge in [-0.15, -0.1) is 0 Å². The minimum Gasteiger partial charge on any atom is -0.593 e. The fourth-order valence-electron chi connectivity index (χ4n) is 6.40. The lowest BCUT2D eigenvalue weighted by Crippen LogP contribution is -2.25. The van der Waals surface area contributed by atoms with Gasteiger partial charge in [0.2, 0.25) is 0 Å². The zero-order valence-electron chi connectivity index (χ0n) is 24.6. The molecule has 0 saturated heterocycles. The fourth-order valence-corrected chi connectivity index (χ4v) is 6.83. The van der Waals surface area contributed by atoms with Crippen LogP contribution < -0.4 is 9.62 Å². The van der Waals surface area contributed by atoms with Gasteiger partial charge in [0.1, 0.15) is 17.7 Å². The molecule has 2 aliphatic rings. The summed E-state index contributed by atoms with van der Waals surface area (Å²) in [4.78, 5) is 18.5. The van der Waals surface area contributed by atoms with Gasteiger partial charge in [-0.05, 0) is 62.9 Å². The maximum atomic E-state index is 14.8. The summed E-state index contributed by atoms with van der Waals surface area (Å²) >= 11 is -1.35. The van der Waals surface area contributed by atoms with Crippen LogP contribution in [0.1, 0.15) is 45.0 Å². The van der Waals surface area contributed by atoms with E-state index < -0.39 is 11.4 Å². The highest BCUT2D eigenvalue weighted by Crippen LogP contribution is 2.44. The van der Waals surface area contributed by atoms with Gasteiger partial charge in [-0.1, -0.05) is 6.07 Å². The first-order chi connectivity index (χ1) is 20.7. The van der Waals surface area contributed by atoms with Crippen LogP contribution in [0.2, 0.25) is 0 Å². The highest BCUT2D eigenvalue weighted by Gasteiger charge is 2.30. The third-order valence-corrected chi connectivity index (χ3v) is 9.58. The second-order valence-electron chi connectivity index (χ2n) is 11.1. The number of fused-ring (bicyclic) bond motifs is 6. The summed E-state index contributed by atoms with van der Waals surface area (Å²) in [7, 11) is 3.34. The molecule has 2 N–H and O–H groups in total. The molecule has 1 aliphatic carbocycles. The van der Waals surface area contributed by atoms with Gasteiger partial charge in [-0.2, -0.15) is 9.40 Å². The molecule has 5 heterocycles. The van der Waals surface area contributed by atoms with Crippen LogP contribution in [0.4, 0.5) is 10.1 Å². The van der Waals surface area contributed by atoms with Crippen molar-refractivity contribution in [1.82, 2.24) is 25.1 Å². The number of allylic oxidation sites excluding steroid dienone is 1. The Kier molecular flexibility index (Phi) is 6.48. The van der Waals surface area contributed by atoms with E-state index in [1.165, 1.54) is 0 Å². The van der Waals surface area contributed by atoms with Gasteiger partial charge in [0.05, 0.1) is 58.0 Å². The minimum absolute atomic E-state index is 0.179. The number of carbonyl (C=O) groups is 1. The van der Waals surface area contributed by atoms with E-state index >= 15 is 0 Å². The normalized spacial score (nSPS) is 14.6. The Morgan fingerprint density at radius 2 is 2.02 bits per heavy atom. The predicted molar refractivity (Wildman–Crippen MR) is 167 cm³/mol. The SMILES string of the molecule is CNC(=O)c1c(-c2c(C)n[nH]c2C)oc2cc(N(C)[S+](C)[O-])c(-c3ccc4c(n3)-c3cc5c(n3CC4)CCC=C5F)cc12. The topological polar surface area (TPSA) is 115 Å². The summed E-state index contributed by atoms with van der Waals surface area (Å²) in [6.45, 7) is 4.52. The molecule has 4 aromatic heterocycles.